The summed E-state index contributed by atoms with van der Waals surface area (Å²) in [5.41, 5.74) is 1.91. The fourth-order valence-electron chi connectivity index (χ4n) is 1.08. The van der Waals surface area contributed by atoms with Crippen molar-refractivity contribution in [1.29, 1.82) is 0 Å². The molecule has 0 fully saturated rings. The minimum atomic E-state index is -0.319. The van der Waals surface area contributed by atoms with E-state index in [1.54, 1.807) is 6.08 Å². The summed E-state index contributed by atoms with van der Waals surface area (Å²) in [6.07, 6.45) is 2.02. The molecule has 1 N–H and O–H groups in total. The van der Waals surface area contributed by atoms with Gasteiger partial charge in [-0.3, -0.25) is 4.79 Å². The second kappa shape index (κ2) is 6.03. The summed E-state index contributed by atoms with van der Waals surface area (Å²) in [6.45, 7) is 1.90. The van der Waals surface area contributed by atoms with Crippen molar-refractivity contribution in [2.45, 2.75) is 13.3 Å². The molecular weight excluding hydrogens is 206 g/mol. The molecule has 0 saturated heterocycles. The highest BCUT2D eigenvalue weighted by Crippen LogP contribution is 2.08. The minimum absolute atomic E-state index is 0.245. The lowest BCUT2D eigenvalue weighted by Gasteiger charge is -2.05. The van der Waals surface area contributed by atoms with Gasteiger partial charge in [-0.1, -0.05) is 24.3 Å². The molecule has 0 aliphatic heterocycles. The van der Waals surface area contributed by atoms with E-state index in [2.05, 4.69) is 20.2 Å². The third-order valence-corrected chi connectivity index (χ3v) is 2.03. The van der Waals surface area contributed by atoms with E-state index in [9.17, 15) is 4.79 Å². The standard InChI is InChI=1S/C11H12NO2Si/c1-9(7-8-11(13)14-15)12-10-5-3-2-4-6-10/h2-7,12H,8H2,1H3/b9-7-. The number of allylic oxidation sites excluding steroid dienone is 1. The molecule has 1 rings (SSSR count). The second-order valence-electron chi connectivity index (χ2n) is 3.06. The zero-order valence-electron chi connectivity index (χ0n) is 8.49. The topological polar surface area (TPSA) is 38.3 Å². The fourth-order valence-corrected chi connectivity index (χ4v) is 1.16. The van der Waals surface area contributed by atoms with Crippen molar-refractivity contribution in [2.24, 2.45) is 0 Å². The highest BCUT2D eigenvalue weighted by Gasteiger charge is 1.96. The first-order valence-electron chi connectivity index (χ1n) is 4.57. The van der Waals surface area contributed by atoms with E-state index in [-0.39, 0.29) is 12.4 Å². The van der Waals surface area contributed by atoms with Gasteiger partial charge in [-0.2, -0.15) is 0 Å². The Bertz CT molecular complexity index is 349. The van der Waals surface area contributed by atoms with Gasteiger partial charge >= 0.3 is 10.5 Å². The van der Waals surface area contributed by atoms with Crippen LogP contribution in [0.2, 0.25) is 0 Å². The minimum Gasteiger partial charge on any atom is -0.516 e. The van der Waals surface area contributed by atoms with E-state index in [0.717, 1.165) is 11.4 Å². The average molecular weight is 218 g/mol. The van der Waals surface area contributed by atoms with Crippen LogP contribution in [0.1, 0.15) is 13.3 Å². The average Bonchev–Trinajstić information content (AvgIpc) is 2.27. The molecule has 0 atom stereocenters. The number of rotatable bonds is 4. The maximum atomic E-state index is 10.8. The molecule has 0 aromatic heterocycles. The van der Waals surface area contributed by atoms with E-state index in [1.807, 2.05) is 37.3 Å². The fraction of sp³-hybridized carbons (Fsp3) is 0.182. The number of carbonyl (C=O) groups excluding carboxylic acids is 1. The normalized spacial score (nSPS) is 10.9. The molecule has 15 heavy (non-hydrogen) atoms. The van der Waals surface area contributed by atoms with Crippen LogP contribution < -0.4 is 5.32 Å². The largest absolute Gasteiger partial charge is 0.516 e. The Kier molecular flexibility index (Phi) is 4.63. The van der Waals surface area contributed by atoms with Gasteiger partial charge in [0.2, 0.25) is 0 Å². The molecule has 1 aromatic carbocycles. The third-order valence-electron chi connectivity index (χ3n) is 1.80. The van der Waals surface area contributed by atoms with Gasteiger partial charge in [0, 0.05) is 11.4 Å². The molecule has 0 aliphatic rings. The van der Waals surface area contributed by atoms with Gasteiger partial charge in [-0.05, 0) is 19.1 Å². The van der Waals surface area contributed by atoms with Crippen LogP contribution in [0.15, 0.2) is 42.1 Å². The lowest BCUT2D eigenvalue weighted by Crippen LogP contribution is -2.01. The van der Waals surface area contributed by atoms with Gasteiger partial charge in [0.25, 0.3) is 5.97 Å². The molecule has 0 aliphatic carbocycles. The maximum absolute atomic E-state index is 10.8. The first-order chi connectivity index (χ1) is 7.22. The van der Waals surface area contributed by atoms with Gasteiger partial charge in [0.1, 0.15) is 0 Å². The van der Waals surface area contributed by atoms with E-state index in [0.29, 0.717) is 0 Å². The molecule has 0 heterocycles. The molecule has 3 nitrogen and oxygen atoms in total. The van der Waals surface area contributed by atoms with Gasteiger partial charge < -0.3 is 9.74 Å². The smallest absolute Gasteiger partial charge is 0.345 e. The van der Waals surface area contributed by atoms with Gasteiger partial charge in [-0.25, -0.2) is 0 Å². The van der Waals surface area contributed by atoms with Crippen LogP contribution in [0.4, 0.5) is 5.69 Å². The summed E-state index contributed by atoms with van der Waals surface area (Å²) >= 11 is 0. The van der Waals surface area contributed by atoms with E-state index in [1.165, 1.54) is 0 Å². The van der Waals surface area contributed by atoms with Crippen LogP contribution in [-0.4, -0.2) is 16.5 Å². The van der Waals surface area contributed by atoms with Crippen LogP contribution in [-0.2, 0) is 9.22 Å². The Labute approximate surface area is 92.7 Å². The highest BCUT2D eigenvalue weighted by molar-refractivity contribution is 6.05. The number of anilines is 1. The van der Waals surface area contributed by atoms with Crippen molar-refractivity contribution in [3.8, 4) is 0 Å². The summed E-state index contributed by atoms with van der Waals surface area (Å²) < 4.78 is 4.35. The SMILES string of the molecule is C/C(=C/CC(=O)O[Si])Nc1ccccc1. The molecule has 0 bridgehead atoms. The quantitative estimate of drug-likeness (QED) is 0.786. The first kappa shape index (κ1) is 11.5. The van der Waals surface area contributed by atoms with Crippen molar-refractivity contribution in [3.63, 3.8) is 0 Å². The van der Waals surface area contributed by atoms with E-state index < -0.39 is 0 Å². The molecule has 4 heteroatoms. The molecule has 77 valence electrons. The molecular formula is C11H12NO2Si. The summed E-state index contributed by atoms with van der Waals surface area (Å²) in [5.74, 6) is -0.319. The van der Waals surface area contributed by atoms with Crippen LogP contribution in [0, 0.1) is 0 Å². The Hall–Kier alpha value is -1.55. The Morgan fingerprint density at radius 1 is 1.47 bits per heavy atom. The van der Waals surface area contributed by atoms with Gasteiger partial charge in [0.15, 0.2) is 0 Å². The molecule has 0 amide bonds. The predicted octanol–water partition coefficient (Wildman–Crippen LogP) is 2.02. The Morgan fingerprint density at radius 3 is 2.73 bits per heavy atom. The summed E-state index contributed by atoms with van der Waals surface area (Å²) in [7, 11) is 2.68. The van der Waals surface area contributed by atoms with Gasteiger partial charge in [0.05, 0.1) is 6.42 Å². The molecule has 1 aromatic rings. The summed E-state index contributed by atoms with van der Waals surface area (Å²) in [6, 6.07) is 9.76. The number of carbonyl (C=O) groups is 1. The summed E-state index contributed by atoms with van der Waals surface area (Å²) in [5, 5.41) is 3.16. The predicted molar refractivity (Wildman–Crippen MR) is 60.3 cm³/mol. The number of para-hydroxylation sites is 1. The van der Waals surface area contributed by atoms with Crippen molar-refractivity contribution in [2.75, 3.05) is 5.32 Å². The van der Waals surface area contributed by atoms with Crippen LogP contribution >= 0.6 is 0 Å². The van der Waals surface area contributed by atoms with Crippen molar-refractivity contribution >= 4 is 22.1 Å². The first-order valence-corrected chi connectivity index (χ1v) is 4.98. The molecule has 0 spiro atoms. The highest BCUT2D eigenvalue weighted by atomic mass is 28.2. The lowest BCUT2D eigenvalue weighted by atomic mass is 10.3. The number of hydrogen-bond donors (Lipinski definition) is 1. The number of benzene rings is 1. The van der Waals surface area contributed by atoms with Crippen LogP contribution in [0.5, 0.6) is 0 Å². The van der Waals surface area contributed by atoms with Crippen molar-refractivity contribution in [1.82, 2.24) is 0 Å². The van der Waals surface area contributed by atoms with Crippen LogP contribution in [0.25, 0.3) is 0 Å². The summed E-state index contributed by atoms with van der Waals surface area (Å²) in [4.78, 5) is 10.8. The number of nitrogens with one attached hydrogen (secondary N) is 1. The Morgan fingerprint density at radius 2 is 2.13 bits per heavy atom. The molecule has 3 radical (unpaired) electrons. The monoisotopic (exact) mass is 218 g/mol. The zero-order valence-corrected chi connectivity index (χ0v) is 9.49. The molecule has 0 saturated carbocycles. The zero-order chi connectivity index (χ0) is 11.1. The van der Waals surface area contributed by atoms with Gasteiger partial charge in [-0.15, -0.1) is 0 Å². The molecule has 0 unspecified atom stereocenters. The second-order valence-corrected chi connectivity index (χ2v) is 3.26. The lowest BCUT2D eigenvalue weighted by molar-refractivity contribution is -0.133. The van der Waals surface area contributed by atoms with Crippen molar-refractivity contribution in [3.05, 3.63) is 42.1 Å². The van der Waals surface area contributed by atoms with Crippen LogP contribution in [0.3, 0.4) is 0 Å². The van der Waals surface area contributed by atoms with Crippen molar-refractivity contribution < 1.29 is 9.22 Å². The van der Waals surface area contributed by atoms with E-state index in [4.69, 9.17) is 0 Å². The van der Waals surface area contributed by atoms with E-state index >= 15 is 0 Å². The number of hydrogen-bond acceptors (Lipinski definition) is 3. The third kappa shape index (κ3) is 4.46. The maximum Gasteiger partial charge on any atom is 0.345 e. The Balaban J connectivity index is 2.48.